The summed E-state index contributed by atoms with van der Waals surface area (Å²) in [5.74, 6) is 1.41. The van der Waals surface area contributed by atoms with Gasteiger partial charge in [0.15, 0.2) is 0 Å². The van der Waals surface area contributed by atoms with E-state index in [2.05, 4.69) is 10.3 Å². The summed E-state index contributed by atoms with van der Waals surface area (Å²) in [6, 6.07) is 0. The van der Waals surface area contributed by atoms with Gasteiger partial charge in [0.05, 0.1) is 16.7 Å². The number of nitrogens with zero attached hydrogens (tertiary/aromatic N) is 2. The normalized spacial score (nSPS) is 23.7. The van der Waals surface area contributed by atoms with E-state index in [0.717, 1.165) is 29.2 Å². The molecule has 1 unspecified atom stereocenters. The average Bonchev–Trinajstić information content (AvgIpc) is 2.98. The van der Waals surface area contributed by atoms with Gasteiger partial charge in [0.2, 0.25) is 0 Å². The van der Waals surface area contributed by atoms with Crippen LogP contribution in [-0.4, -0.2) is 16.5 Å². The fourth-order valence-electron chi connectivity index (χ4n) is 2.38. The van der Waals surface area contributed by atoms with Crippen LogP contribution in [-0.2, 0) is 4.84 Å². The molecule has 0 saturated heterocycles. The van der Waals surface area contributed by atoms with E-state index in [1.165, 1.54) is 12.8 Å². The second-order valence-corrected chi connectivity index (χ2v) is 6.34. The van der Waals surface area contributed by atoms with Gasteiger partial charge in [-0.25, -0.2) is 0 Å². The SMILES string of the molecule is Cc1onc(C2CC2)c1C(S)C1=NOC(C)(C)C1. The first kappa shape index (κ1) is 12.1. The van der Waals surface area contributed by atoms with Crippen molar-refractivity contribution in [1.82, 2.24) is 5.16 Å². The standard InChI is InChI=1S/C13H18N2O2S/c1-7-10(11(15-16-7)8-4-5-8)12(18)9-6-13(2,3)17-14-9/h8,12,18H,4-6H2,1-3H3. The Labute approximate surface area is 112 Å². The van der Waals surface area contributed by atoms with Crippen LogP contribution < -0.4 is 0 Å². The summed E-state index contributed by atoms with van der Waals surface area (Å²) in [7, 11) is 0. The minimum absolute atomic E-state index is 0.0615. The molecule has 2 aliphatic rings. The van der Waals surface area contributed by atoms with Crippen LogP contribution in [0.2, 0.25) is 0 Å². The van der Waals surface area contributed by atoms with E-state index < -0.39 is 0 Å². The van der Waals surface area contributed by atoms with Gasteiger partial charge in [0.1, 0.15) is 11.4 Å². The Morgan fingerprint density at radius 3 is 2.67 bits per heavy atom. The van der Waals surface area contributed by atoms with Crippen LogP contribution in [0, 0.1) is 6.92 Å². The lowest BCUT2D eigenvalue weighted by molar-refractivity contribution is 0.0123. The third-order valence-electron chi connectivity index (χ3n) is 3.51. The van der Waals surface area contributed by atoms with Crippen molar-refractivity contribution in [2.75, 3.05) is 0 Å². The van der Waals surface area contributed by atoms with Crippen LogP contribution in [0.1, 0.15) is 61.3 Å². The molecule has 1 atom stereocenters. The maximum Gasteiger partial charge on any atom is 0.138 e. The smallest absolute Gasteiger partial charge is 0.138 e. The van der Waals surface area contributed by atoms with Crippen LogP contribution in [0.15, 0.2) is 9.68 Å². The first-order valence-corrected chi connectivity index (χ1v) is 6.88. The molecule has 3 rings (SSSR count). The summed E-state index contributed by atoms with van der Waals surface area (Å²) in [6.45, 7) is 6.01. The van der Waals surface area contributed by atoms with E-state index in [4.69, 9.17) is 22.0 Å². The highest BCUT2D eigenvalue weighted by Crippen LogP contribution is 2.45. The number of aromatic nitrogens is 1. The highest BCUT2D eigenvalue weighted by atomic mass is 32.1. The number of thiol groups is 1. The minimum atomic E-state index is -0.221. The van der Waals surface area contributed by atoms with Gasteiger partial charge in [-0.05, 0) is 33.6 Å². The summed E-state index contributed by atoms with van der Waals surface area (Å²) in [5, 5.41) is 8.30. The lowest BCUT2D eigenvalue weighted by Crippen LogP contribution is -2.20. The van der Waals surface area contributed by atoms with Gasteiger partial charge in [-0.1, -0.05) is 10.3 Å². The number of oxime groups is 1. The molecule has 1 aromatic rings. The van der Waals surface area contributed by atoms with Crippen molar-refractivity contribution in [3.05, 3.63) is 17.0 Å². The molecule has 98 valence electrons. The van der Waals surface area contributed by atoms with Gasteiger partial charge in [0, 0.05) is 17.9 Å². The van der Waals surface area contributed by atoms with E-state index >= 15 is 0 Å². The predicted molar refractivity (Wildman–Crippen MR) is 72.2 cm³/mol. The molecule has 0 spiro atoms. The van der Waals surface area contributed by atoms with Gasteiger partial charge in [-0.3, -0.25) is 0 Å². The molecule has 2 heterocycles. The fraction of sp³-hybridized carbons (Fsp3) is 0.692. The average molecular weight is 266 g/mol. The number of aryl methyl sites for hydroxylation is 1. The molecule has 0 bridgehead atoms. The predicted octanol–water partition coefficient (Wildman–Crippen LogP) is 3.39. The van der Waals surface area contributed by atoms with E-state index in [0.29, 0.717) is 5.92 Å². The quantitative estimate of drug-likeness (QED) is 0.853. The van der Waals surface area contributed by atoms with Crippen LogP contribution in [0.4, 0.5) is 0 Å². The molecule has 0 amide bonds. The van der Waals surface area contributed by atoms with Crippen molar-refractivity contribution in [2.45, 2.75) is 56.8 Å². The lowest BCUT2D eigenvalue weighted by Gasteiger charge is -2.15. The van der Waals surface area contributed by atoms with Gasteiger partial charge < -0.3 is 9.36 Å². The maximum atomic E-state index is 5.42. The molecule has 0 radical (unpaired) electrons. The molecule has 1 aliphatic heterocycles. The summed E-state index contributed by atoms with van der Waals surface area (Å²) in [6.07, 6.45) is 3.21. The Balaban J connectivity index is 1.88. The largest absolute Gasteiger partial charge is 0.389 e. The topological polar surface area (TPSA) is 47.6 Å². The molecular formula is C13H18N2O2S. The molecule has 0 N–H and O–H groups in total. The molecule has 0 aromatic carbocycles. The Morgan fingerprint density at radius 1 is 1.39 bits per heavy atom. The zero-order valence-corrected chi connectivity index (χ0v) is 11.8. The third kappa shape index (κ3) is 2.05. The van der Waals surface area contributed by atoms with Gasteiger partial charge in [-0.2, -0.15) is 12.6 Å². The second kappa shape index (κ2) is 4.02. The van der Waals surface area contributed by atoms with Crippen molar-refractivity contribution in [2.24, 2.45) is 5.16 Å². The van der Waals surface area contributed by atoms with Crippen LogP contribution in [0.3, 0.4) is 0 Å². The Morgan fingerprint density at radius 2 is 2.11 bits per heavy atom. The van der Waals surface area contributed by atoms with Gasteiger partial charge in [-0.15, -0.1) is 0 Å². The molecule has 1 aromatic heterocycles. The monoisotopic (exact) mass is 266 g/mol. The van der Waals surface area contributed by atoms with Crippen molar-refractivity contribution in [3.63, 3.8) is 0 Å². The summed E-state index contributed by atoms with van der Waals surface area (Å²) in [5.41, 5.74) is 2.92. The van der Waals surface area contributed by atoms with Crippen molar-refractivity contribution >= 4 is 18.3 Å². The lowest BCUT2D eigenvalue weighted by atomic mass is 9.96. The van der Waals surface area contributed by atoms with E-state index in [-0.39, 0.29) is 10.9 Å². The fourth-order valence-corrected chi connectivity index (χ4v) is 2.83. The molecule has 1 aliphatic carbocycles. The number of hydrogen-bond donors (Lipinski definition) is 1. The molecule has 1 fully saturated rings. The molecule has 5 heteroatoms. The summed E-state index contributed by atoms with van der Waals surface area (Å²) in [4.78, 5) is 5.42. The van der Waals surface area contributed by atoms with Crippen molar-refractivity contribution in [1.29, 1.82) is 0 Å². The summed E-state index contributed by atoms with van der Waals surface area (Å²) < 4.78 is 5.33. The Bertz CT molecular complexity index is 503. The third-order valence-corrected chi connectivity index (χ3v) is 4.06. The first-order valence-electron chi connectivity index (χ1n) is 6.37. The van der Waals surface area contributed by atoms with E-state index in [1.807, 2.05) is 20.8 Å². The minimum Gasteiger partial charge on any atom is -0.389 e. The van der Waals surface area contributed by atoms with E-state index in [9.17, 15) is 0 Å². The van der Waals surface area contributed by atoms with Crippen LogP contribution in [0.5, 0.6) is 0 Å². The highest BCUT2D eigenvalue weighted by molar-refractivity contribution is 7.81. The van der Waals surface area contributed by atoms with Gasteiger partial charge in [0.25, 0.3) is 0 Å². The number of hydrogen-bond acceptors (Lipinski definition) is 5. The molecule has 18 heavy (non-hydrogen) atoms. The van der Waals surface area contributed by atoms with E-state index in [1.54, 1.807) is 0 Å². The Hall–Kier alpha value is -0.970. The zero-order chi connectivity index (χ0) is 12.9. The van der Waals surface area contributed by atoms with Crippen LogP contribution in [0.25, 0.3) is 0 Å². The molecule has 1 saturated carbocycles. The van der Waals surface area contributed by atoms with Crippen molar-refractivity contribution in [3.8, 4) is 0 Å². The highest BCUT2D eigenvalue weighted by Gasteiger charge is 2.38. The zero-order valence-electron chi connectivity index (χ0n) is 10.9. The van der Waals surface area contributed by atoms with Crippen LogP contribution >= 0.6 is 12.6 Å². The van der Waals surface area contributed by atoms with Crippen molar-refractivity contribution < 1.29 is 9.36 Å². The second-order valence-electron chi connectivity index (χ2n) is 5.82. The van der Waals surface area contributed by atoms with Gasteiger partial charge >= 0.3 is 0 Å². The molecular weight excluding hydrogens is 248 g/mol. The summed E-state index contributed by atoms with van der Waals surface area (Å²) >= 11 is 4.71. The maximum absolute atomic E-state index is 5.42. The molecule has 4 nitrogen and oxygen atoms in total. The first-order chi connectivity index (χ1) is 8.48. The number of rotatable bonds is 3. The Kier molecular flexibility index (Phi) is 2.70.